The number of H-pyrrole nitrogens is 1. The van der Waals surface area contributed by atoms with Crippen LogP contribution in [-0.4, -0.2) is 21.9 Å². The number of imidazole rings is 1. The van der Waals surface area contributed by atoms with Gasteiger partial charge in [-0.15, -0.1) is 0 Å². The van der Waals surface area contributed by atoms with Crippen molar-refractivity contribution in [2.45, 2.75) is 37.8 Å². The molecular weight excluding hydrogens is 264 g/mol. The van der Waals surface area contributed by atoms with Crippen LogP contribution in [0.25, 0.3) is 5.57 Å². The maximum atomic E-state index is 12.0. The minimum atomic E-state index is -0.141. The highest BCUT2D eigenvalue weighted by Crippen LogP contribution is 2.24. The van der Waals surface area contributed by atoms with Crippen LogP contribution in [0.3, 0.4) is 0 Å². The number of nitrogens with two attached hydrogens (primary N) is 1. The first-order chi connectivity index (χ1) is 10.2. The summed E-state index contributed by atoms with van der Waals surface area (Å²) in [5, 5.41) is 3.09. The Hall–Kier alpha value is -2.14. The van der Waals surface area contributed by atoms with Crippen LogP contribution in [0.1, 0.15) is 43.2 Å². The molecule has 2 bridgehead atoms. The van der Waals surface area contributed by atoms with E-state index < -0.39 is 0 Å². The molecule has 1 aliphatic carbocycles. The summed E-state index contributed by atoms with van der Waals surface area (Å²) in [5.41, 5.74) is 8.03. The zero-order chi connectivity index (χ0) is 14.7. The van der Waals surface area contributed by atoms with Gasteiger partial charge in [-0.25, -0.2) is 4.98 Å². The van der Waals surface area contributed by atoms with E-state index in [1.807, 2.05) is 30.5 Å². The fourth-order valence-corrected chi connectivity index (χ4v) is 2.66. The lowest BCUT2D eigenvalue weighted by Crippen LogP contribution is -2.36. The zero-order valence-electron chi connectivity index (χ0n) is 11.9. The molecule has 21 heavy (non-hydrogen) atoms. The number of carbonyl (C=O) groups excluding carboxylic acids is 1. The number of hydrogen-bond acceptors (Lipinski definition) is 3. The first-order valence-corrected chi connectivity index (χ1v) is 7.36. The van der Waals surface area contributed by atoms with Crippen molar-refractivity contribution in [3.63, 3.8) is 0 Å². The number of nitrogens with zero attached hydrogens (tertiary/aromatic N) is 1. The van der Waals surface area contributed by atoms with E-state index in [4.69, 9.17) is 5.73 Å². The number of allylic oxidation sites excluding steroid dienone is 3. The molecule has 1 aromatic rings. The summed E-state index contributed by atoms with van der Waals surface area (Å²) in [6.45, 7) is 0. The highest BCUT2D eigenvalue weighted by molar-refractivity contribution is 5.81. The lowest BCUT2D eigenvalue weighted by molar-refractivity contribution is -0.121. The molecular formula is C16H20N4O. The van der Waals surface area contributed by atoms with Crippen LogP contribution in [0.4, 0.5) is 0 Å². The second-order valence-corrected chi connectivity index (χ2v) is 5.43. The maximum absolute atomic E-state index is 12.0. The molecule has 0 saturated heterocycles. The largest absolute Gasteiger partial charge is 0.349 e. The lowest BCUT2D eigenvalue weighted by Gasteiger charge is -2.21. The zero-order valence-corrected chi connectivity index (χ0v) is 11.9. The van der Waals surface area contributed by atoms with Crippen molar-refractivity contribution in [1.29, 1.82) is 0 Å². The average Bonchev–Trinajstić information content (AvgIpc) is 2.96. The first kappa shape index (κ1) is 13.8. The van der Waals surface area contributed by atoms with E-state index in [1.165, 1.54) is 0 Å². The van der Waals surface area contributed by atoms with Crippen molar-refractivity contribution in [3.05, 3.63) is 48.1 Å². The molecule has 0 spiro atoms. The van der Waals surface area contributed by atoms with E-state index in [0.29, 0.717) is 6.42 Å². The van der Waals surface area contributed by atoms with Crippen molar-refractivity contribution in [2.24, 2.45) is 5.73 Å². The summed E-state index contributed by atoms with van der Waals surface area (Å²) >= 11 is 0. The summed E-state index contributed by atoms with van der Waals surface area (Å²) in [6, 6.07) is -0.155. The number of aromatic nitrogens is 2. The van der Waals surface area contributed by atoms with Gasteiger partial charge in [-0.3, -0.25) is 4.79 Å². The van der Waals surface area contributed by atoms with Gasteiger partial charge < -0.3 is 16.0 Å². The Bertz CT molecular complexity index is 612. The molecule has 0 radical (unpaired) electrons. The van der Waals surface area contributed by atoms with E-state index in [9.17, 15) is 4.79 Å². The number of rotatable bonds is 0. The second kappa shape index (κ2) is 6.10. The van der Waals surface area contributed by atoms with Crippen LogP contribution >= 0.6 is 0 Å². The Balaban J connectivity index is 1.94. The van der Waals surface area contributed by atoms with Crippen molar-refractivity contribution >= 4 is 11.5 Å². The van der Waals surface area contributed by atoms with Crippen molar-refractivity contribution in [2.75, 3.05) is 0 Å². The van der Waals surface area contributed by atoms with E-state index >= 15 is 0 Å². The normalized spacial score (nSPS) is 27.5. The number of hydrogen-bond donors (Lipinski definition) is 3. The van der Waals surface area contributed by atoms with Crippen LogP contribution in [0.2, 0.25) is 0 Å². The van der Waals surface area contributed by atoms with E-state index in [1.54, 1.807) is 0 Å². The maximum Gasteiger partial charge on any atom is 0.220 e. The lowest BCUT2D eigenvalue weighted by atomic mass is 9.96. The third-order valence-corrected chi connectivity index (χ3v) is 3.83. The van der Waals surface area contributed by atoms with Crippen molar-refractivity contribution in [1.82, 2.24) is 15.3 Å². The number of carbonyl (C=O) groups is 1. The molecule has 1 aromatic heterocycles. The van der Waals surface area contributed by atoms with E-state index in [2.05, 4.69) is 21.4 Å². The molecule has 5 heteroatoms. The van der Waals surface area contributed by atoms with Gasteiger partial charge in [-0.1, -0.05) is 30.4 Å². The smallest absolute Gasteiger partial charge is 0.220 e. The SMILES string of the molecule is N[C@H]1C/C=C/CCC(=O)NC2CC=CC=C2c2c[nH]c1n2. The van der Waals surface area contributed by atoms with Crippen LogP contribution in [0.5, 0.6) is 0 Å². The number of amides is 1. The number of fused-ring (bicyclic) bond motifs is 4. The van der Waals surface area contributed by atoms with Gasteiger partial charge in [0.1, 0.15) is 5.82 Å². The van der Waals surface area contributed by atoms with Crippen LogP contribution < -0.4 is 11.1 Å². The van der Waals surface area contributed by atoms with Crippen LogP contribution in [0, 0.1) is 0 Å². The molecule has 0 saturated carbocycles. The monoisotopic (exact) mass is 284 g/mol. The molecule has 2 atom stereocenters. The van der Waals surface area contributed by atoms with Gasteiger partial charge in [0.2, 0.25) is 5.91 Å². The third-order valence-electron chi connectivity index (χ3n) is 3.83. The highest BCUT2D eigenvalue weighted by Gasteiger charge is 2.22. The minimum Gasteiger partial charge on any atom is -0.349 e. The molecule has 3 rings (SSSR count). The molecule has 2 aliphatic rings. The molecule has 4 N–H and O–H groups in total. The highest BCUT2D eigenvalue weighted by atomic mass is 16.1. The molecule has 0 aromatic carbocycles. The van der Waals surface area contributed by atoms with E-state index in [0.717, 1.165) is 36.4 Å². The van der Waals surface area contributed by atoms with Crippen molar-refractivity contribution in [3.8, 4) is 0 Å². The minimum absolute atomic E-state index is 0.0143. The molecule has 1 aliphatic heterocycles. The molecule has 0 fully saturated rings. The molecule has 1 unspecified atom stereocenters. The summed E-state index contributed by atoms with van der Waals surface area (Å²) in [6.07, 6.45) is 14.7. The van der Waals surface area contributed by atoms with Gasteiger partial charge in [0.05, 0.1) is 17.8 Å². The second-order valence-electron chi connectivity index (χ2n) is 5.43. The van der Waals surface area contributed by atoms with Crippen LogP contribution in [-0.2, 0) is 4.79 Å². The average molecular weight is 284 g/mol. The van der Waals surface area contributed by atoms with Gasteiger partial charge in [0.15, 0.2) is 0 Å². The van der Waals surface area contributed by atoms with Gasteiger partial charge in [0, 0.05) is 18.2 Å². The molecule has 2 heterocycles. The van der Waals surface area contributed by atoms with Crippen LogP contribution in [0.15, 0.2) is 36.6 Å². The Morgan fingerprint density at radius 2 is 2.14 bits per heavy atom. The number of aromatic amines is 1. The summed E-state index contributed by atoms with van der Waals surface area (Å²) in [5.74, 6) is 0.861. The van der Waals surface area contributed by atoms with Gasteiger partial charge in [-0.2, -0.15) is 0 Å². The summed E-state index contributed by atoms with van der Waals surface area (Å²) < 4.78 is 0. The Morgan fingerprint density at radius 1 is 1.24 bits per heavy atom. The number of nitrogens with one attached hydrogen (secondary N) is 2. The fourth-order valence-electron chi connectivity index (χ4n) is 2.66. The van der Waals surface area contributed by atoms with E-state index in [-0.39, 0.29) is 18.0 Å². The van der Waals surface area contributed by atoms with Gasteiger partial charge in [0.25, 0.3) is 0 Å². The fraction of sp³-hybridized carbons (Fsp3) is 0.375. The Labute approximate surface area is 124 Å². The van der Waals surface area contributed by atoms with Crippen molar-refractivity contribution < 1.29 is 4.79 Å². The molecule has 1 amide bonds. The van der Waals surface area contributed by atoms with Gasteiger partial charge >= 0.3 is 0 Å². The summed E-state index contributed by atoms with van der Waals surface area (Å²) in [7, 11) is 0. The molecule has 110 valence electrons. The first-order valence-electron chi connectivity index (χ1n) is 7.36. The summed E-state index contributed by atoms with van der Waals surface area (Å²) in [4.78, 5) is 19.8. The molecule has 5 nitrogen and oxygen atoms in total. The predicted molar refractivity (Wildman–Crippen MR) is 82.2 cm³/mol. The van der Waals surface area contributed by atoms with Gasteiger partial charge in [-0.05, 0) is 19.3 Å². The quantitative estimate of drug-likeness (QED) is 0.637. The topological polar surface area (TPSA) is 83.8 Å². The standard InChI is InChI=1S/C16H20N4O/c17-12-7-2-1-3-9-15(21)19-13-8-5-4-6-11(13)14-10-18-16(12)20-14/h1-2,4-6,10,12-13H,3,7-9,17H2,(H,18,20)(H,19,21)/b2-1+/t12-,13?/m0/s1. The third kappa shape index (κ3) is 3.13. The Morgan fingerprint density at radius 3 is 3.05 bits per heavy atom. The predicted octanol–water partition coefficient (Wildman–Crippen LogP) is 1.98. The Kier molecular flexibility index (Phi) is 4.01.